The topological polar surface area (TPSA) is 85.1 Å². The second kappa shape index (κ2) is 9.80. The van der Waals surface area contributed by atoms with Crippen molar-refractivity contribution in [3.63, 3.8) is 0 Å². The number of hydrogen-bond acceptors (Lipinski definition) is 4. The summed E-state index contributed by atoms with van der Waals surface area (Å²) in [5.41, 5.74) is 7.16. The van der Waals surface area contributed by atoms with E-state index in [9.17, 15) is 9.59 Å². The van der Waals surface area contributed by atoms with E-state index in [1.54, 1.807) is 31.5 Å². The van der Waals surface area contributed by atoms with Crippen LogP contribution in [0.15, 0.2) is 54.9 Å². The molecule has 2 aromatic rings. The van der Waals surface area contributed by atoms with Gasteiger partial charge in [-0.1, -0.05) is 30.3 Å². The molecule has 0 fully saturated rings. The molecule has 128 valence electrons. The van der Waals surface area contributed by atoms with Crippen LogP contribution in [0.2, 0.25) is 0 Å². The van der Waals surface area contributed by atoms with E-state index >= 15 is 0 Å². The van der Waals surface area contributed by atoms with Gasteiger partial charge in [0.2, 0.25) is 5.91 Å². The smallest absolute Gasteiger partial charge is 0.237 e. The zero-order valence-electron chi connectivity index (χ0n) is 13.5. The fraction of sp³-hybridized carbons (Fsp3) is 0.278. The number of nitrogens with one attached hydrogen (secondary N) is 1. The van der Waals surface area contributed by atoms with Crippen LogP contribution in [0.3, 0.4) is 0 Å². The lowest BCUT2D eigenvalue weighted by atomic mass is 9.98. The van der Waals surface area contributed by atoms with Crippen molar-refractivity contribution in [1.82, 2.24) is 10.3 Å². The van der Waals surface area contributed by atoms with Gasteiger partial charge < -0.3 is 11.1 Å². The number of nitrogens with two attached hydrogens (primary N) is 1. The number of amides is 1. The number of rotatable bonds is 7. The molecule has 2 rings (SSSR count). The molecule has 0 bridgehead atoms. The summed E-state index contributed by atoms with van der Waals surface area (Å²) < 4.78 is 0. The predicted molar refractivity (Wildman–Crippen MR) is 96.0 cm³/mol. The molecule has 0 aliphatic rings. The Kier molecular flexibility index (Phi) is 8.09. The molecule has 1 amide bonds. The first-order valence-electron chi connectivity index (χ1n) is 7.62. The Morgan fingerprint density at radius 1 is 1.17 bits per heavy atom. The third kappa shape index (κ3) is 5.76. The van der Waals surface area contributed by atoms with E-state index in [2.05, 4.69) is 10.3 Å². The molecular formula is C18H22ClN3O2. The molecule has 0 radical (unpaired) electrons. The first-order chi connectivity index (χ1) is 11.1. The highest BCUT2D eigenvalue weighted by molar-refractivity contribution is 5.95. The minimum atomic E-state index is -0.588. The number of pyridine rings is 1. The van der Waals surface area contributed by atoms with Crippen LogP contribution in [0.1, 0.15) is 41.7 Å². The van der Waals surface area contributed by atoms with E-state index < -0.39 is 6.04 Å². The standard InChI is InChI=1S/C18H21N3O2.ClH/c1-13(19)18(23)21-16(14-6-3-2-4-7-14)9-10-17(22)15-8-5-11-20-12-15;/h2-8,11-13,16H,9-10,19H2,1H3,(H,21,23);1H/t13-,16-;/m1./s1. The quantitative estimate of drug-likeness (QED) is 0.754. The minimum Gasteiger partial charge on any atom is -0.348 e. The van der Waals surface area contributed by atoms with Gasteiger partial charge in [0, 0.05) is 24.4 Å². The second-order valence-electron chi connectivity index (χ2n) is 5.46. The van der Waals surface area contributed by atoms with Crippen LogP contribution >= 0.6 is 12.4 Å². The number of carbonyl (C=O) groups excluding carboxylic acids is 2. The molecular weight excluding hydrogens is 326 g/mol. The summed E-state index contributed by atoms with van der Waals surface area (Å²) in [5, 5.41) is 2.91. The van der Waals surface area contributed by atoms with Crippen LogP contribution in [0.4, 0.5) is 0 Å². The lowest BCUT2D eigenvalue weighted by molar-refractivity contribution is -0.122. The first-order valence-corrected chi connectivity index (χ1v) is 7.62. The van der Waals surface area contributed by atoms with Gasteiger partial charge in [-0.3, -0.25) is 14.6 Å². The van der Waals surface area contributed by atoms with Crippen molar-refractivity contribution in [2.75, 3.05) is 0 Å². The number of benzene rings is 1. The van der Waals surface area contributed by atoms with Gasteiger partial charge in [-0.05, 0) is 31.0 Å². The largest absolute Gasteiger partial charge is 0.348 e. The van der Waals surface area contributed by atoms with E-state index in [0.717, 1.165) is 5.56 Å². The molecule has 0 aliphatic carbocycles. The normalized spacial score (nSPS) is 12.6. The Bertz CT molecular complexity index is 648. The molecule has 3 N–H and O–H groups in total. The highest BCUT2D eigenvalue weighted by atomic mass is 35.5. The molecule has 1 aromatic heterocycles. The van der Waals surface area contributed by atoms with Crippen LogP contribution in [0.25, 0.3) is 0 Å². The Balaban J connectivity index is 0.00000288. The Hall–Kier alpha value is -2.24. The first kappa shape index (κ1) is 19.8. The maximum Gasteiger partial charge on any atom is 0.237 e. The average Bonchev–Trinajstić information content (AvgIpc) is 2.59. The zero-order chi connectivity index (χ0) is 16.7. The van der Waals surface area contributed by atoms with Gasteiger partial charge in [-0.25, -0.2) is 0 Å². The van der Waals surface area contributed by atoms with Gasteiger partial charge in [0.25, 0.3) is 0 Å². The number of carbonyl (C=O) groups is 2. The summed E-state index contributed by atoms with van der Waals surface area (Å²) in [4.78, 5) is 28.1. The molecule has 0 spiro atoms. The fourth-order valence-electron chi connectivity index (χ4n) is 2.26. The Morgan fingerprint density at radius 3 is 2.46 bits per heavy atom. The fourth-order valence-corrected chi connectivity index (χ4v) is 2.26. The second-order valence-corrected chi connectivity index (χ2v) is 5.46. The molecule has 6 heteroatoms. The van der Waals surface area contributed by atoms with Gasteiger partial charge in [0.05, 0.1) is 12.1 Å². The molecule has 2 atom stereocenters. The third-order valence-electron chi connectivity index (χ3n) is 3.58. The van der Waals surface area contributed by atoms with Crippen molar-refractivity contribution >= 4 is 24.1 Å². The number of Topliss-reactive ketones (excluding diaryl/α,β-unsaturated/α-hetero) is 1. The predicted octanol–water partition coefficient (Wildman–Crippen LogP) is 2.67. The molecule has 0 saturated heterocycles. The number of aromatic nitrogens is 1. The van der Waals surface area contributed by atoms with E-state index in [-0.39, 0.29) is 30.1 Å². The molecule has 5 nitrogen and oxygen atoms in total. The van der Waals surface area contributed by atoms with E-state index in [1.165, 1.54) is 0 Å². The van der Waals surface area contributed by atoms with E-state index in [4.69, 9.17) is 5.73 Å². The van der Waals surface area contributed by atoms with Crippen LogP contribution in [0, 0.1) is 0 Å². The third-order valence-corrected chi connectivity index (χ3v) is 3.58. The summed E-state index contributed by atoms with van der Waals surface area (Å²) in [6.45, 7) is 1.64. The van der Waals surface area contributed by atoms with Gasteiger partial charge in [0.1, 0.15) is 0 Å². The Morgan fingerprint density at radius 2 is 1.88 bits per heavy atom. The van der Waals surface area contributed by atoms with Gasteiger partial charge in [-0.2, -0.15) is 0 Å². The SMILES string of the molecule is C[C@@H](N)C(=O)N[C@H](CCC(=O)c1cccnc1)c1ccccc1.Cl. The van der Waals surface area contributed by atoms with Crippen molar-refractivity contribution in [3.8, 4) is 0 Å². The van der Waals surface area contributed by atoms with Crippen molar-refractivity contribution in [3.05, 3.63) is 66.0 Å². The molecule has 0 saturated carbocycles. The van der Waals surface area contributed by atoms with E-state index in [1.807, 2.05) is 30.3 Å². The van der Waals surface area contributed by atoms with Crippen molar-refractivity contribution in [2.24, 2.45) is 5.73 Å². The summed E-state index contributed by atoms with van der Waals surface area (Å²) in [7, 11) is 0. The van der Waals surface area contributed by atoms with Crippen LogP contribution in [-0.4, -0.2) is 22.7 Å². The monoisotopic (exact) mass is 347 g/mol. The maximum absolute atomic E-state index is 12.2. The highest BCUT2D eigenvalue weighted by Gasteiger charge is 2.18. The highest BCUT2D eigenvalue weighted by Crippen LogP contribution is 2.19. The number of nitrogens with zero attached hydrogens (tertiary/aromatic N) is 1. The lowest BCUT2D eigenvalue weighted by Crippen LogP contribution is -2.40. The van der Waals surface area contributed by atoms with Crippen molar-refractivity contribution in [2.45, 2.75) is 31.8 Å². The van der Waals surface area contributed by atoms with Crippen molar-refractivity contribution in [1.29, 1.82) is 0 Å². The van der Waals surface area contributed by atoms with Crippen LogP contribution < -0.4 is 11.1 Å². The summed E-state index contributed by atoms with van der Waals surface area (Å²) in [6.07, 6.45) is 4.02. The van der Waals surface area contributed by atoms with Gasteiger partial charge in [-0.15, -0.1) is 12.4 Å². The Labute approximate surface area is 148 Å². The molecule has 24 heavy (non-hydrogen) atoms. The lowest BCUT2D eigenvalue weighted by Gasteiger charge is -2.20. The average molecular weight is 348 g/mol. The van der Waals surface area contributed by atoms with E-state index in [0.29, 0.717) is 18.4 Å². The number of hydrogen-bond donors (Lipinski definition) is 2. The molecule has 1 aromatic carbocycles. The minimum absolute atomic E-state index is 0. The van der Waals surface area contributed by atoms with Crippen LogP contribution in [-0.2, 0) is 4.79 Å². The maximum atomic E-state index is 12.2. The summed E-state index contributed by atoms with van der Waals surface area (Å²) >= 11 is 0. The van der Waals surface area contributed by atoms with Crippen molar-refractivity contribution < 1.29 is 9.59 Å². The zero-order valence-corrected chi connectivity index (χ0v) is 14.3. The number of halogens is 1. The molecule has 0 aliphatic heterocycles. The molecule has 1 heterocycles. The summed E-state index contributed by atoms with van der Waals surface area (Å²) in [5.74, 6) is -0.221. The van der Waals surface area contributed by atoms with Crippen LogP contribution in [0.5, 0.6) is 0 Å². The summed E-state index contributed by atoms with van der Waals surface area (Å²) in [6, 6.07) is 12.2. The van der Waals surface area contributed by atoms with Gasteiger partial charge >= 0.3 is 0 Å². The van der Waals surface area contributed by atoms with Gasteiger partial charge in [0.15, 0.2) is 5.78 Å². The molecule has 0 unspecified atom stereocenters. The number of ketones is 1.